The molecule has 9 nitrogen and oxygen atoms in total. The van der Waals surface area contributed by atoms with Crippen LogP contribution in [-0.4, -0.2) is 74.2 Å². The molecule has 1 unspecified atom stereocenters. The predicted molar refractivity (Wildman–Crippen MR) is 154 cm³/mol. The third kappa shape index (κ3) is 4.41. The topological polar surface area (TPSA) is 93.3 Å². The van der Waals surface area contributed by atoms with E-state index >= 15 is 0 Å². The molecule has 0 bridgehead atoms. The van der Waals surface area contributed by atoms with E-state index in [1.54, 1.807) is 38.2 Å². The van der Waals surface area contributed by atoms with Crippen molar-refractivity contribution in [3.8, 4) is 23.0 Å². The molecular weight excluding hydrogens is 522 g/mol. The number of methoxy groups -OCH3 is 4. The summed E-state index contributed by atoms with van der Waals surface area (Å²) in [6.07, 6.45) is 1.01. The van der Waals surface area contributed by atoms with Crippen LogP contribution in [0.5, 0.6) is 23.0 Å². The smallest absolute Gasteiger partial charge is 0.246 e. The van der Waals surface area contributed by atoms with Crippen LogP contribution in [0.3, 0.4) is 0 Å². The molecule has 4 aromatic rings. The molecule has 6 rings (SSSR count). The number of rotatable bonds is 8. The molecule has 0 aliphatic carbocycles. The lowest BCUT2D eigenvalue weighted by molar-refractivity contribution is -0.158. The van der Waals surface area contributed by atoms with Crippen molar-refractivity contribution in [3.63, 3.8) is 0 Å². The van der Waals surface area contributed by atoms with E-state index < -0.39 is 12.1 Å². The number of amides is 2. The fraction of sp³-hybridized carbons (Fsp3) is 0.312. The highest BCUT2D eigenvalue weighted by Crippen LogP contribution is 2.47. The summed E-state index contributed by atoms with van der Waals surface area (Å²) < 4.78 is 22.2. The van der Waals surface area contributed by atoms with Gasteiger partial charge in [-0.1, -0.05) is 36.4 Å². The summed E-state index contributed by atoms with van der Waals surface area (Å²) in [5.41, 5.74) is 4.67. The van der Waals surface area contributed by atoms with Crippen LogP contribution in [-0.2, 0) is 22.4 Å². The van der Waals surface area contributed by atoms with E-state index in [1.807, 2.05) is 54.6 Å². The Morgan fingerprint density at radius 3 is 2.39 bits per heavy atom. The van der Waals surface area contributed by atoms with Crippen molar-refractivity contribution >= 4 is 22.7 Å². The standard InChI is InChI=1S/C32H33N3O6/c1-38-25-13-12-19(16-27(25)40-3)14-15-34-18-28(36)35-24(32(34)37)17-22-20-8-5-6-10-23(20)33-29(22)30(35)21-9-7-11-26(39-2)31(21)41-4/h5-13,16,24,30,33H,14-15,17-18H2,1-4H3/t24-,30?/m0/s1. The molecule has 0 radical (unpaired) electrons. The number of ether oxygens (including phenoxy) is 4. The number of carbonyl (C=O) groups excluding carboxylic acids is 2. The van der Waals surface area contributed by atoms with E-state index in [-0.39, 0.29) is 18.4 Å². The van der Waals surface area contributed by atoms with Crippen LogP contribution < -0.4 is 18.9 Å². The zero-order chi connectivity index (χ0) is 28.7. The van der Waals surface area contributed by atoms with Gasteiger partial charge in [-0.25, -0.2) is 0 Å². The Labute approximate surface area is 238 Å². The molecule has 0 spiro atoms. The van der Waals surface area contributed by atoms with Crippen molar-refractivity contribution < 1.29 is 28.5 Å². The van der Waals surface area contributed by atoms with Gasteiger partial charge in [0.2, 0.25) is 11.8 Å². The lowest BCUT2D eigenvalue weighted by Crippen LogP contribution is -2.63. The Bertz CT molecular complexity index is 1630. The van der Waals surface area contributed by atoms with Crippen LogP contribution in [0.2, 0.25) is 0 Å². The first-order valence-electron chi connectivity index (χ1n) is 13.6. The van der Waals surface area contributed by atoms with Crippen LogP contribution in [0.4, 0.5) is 0 Å². The molecule has 2 amide bonds. The highest BCUT2D eigenvalue weighted by Gasteiger charge is 2.49. The minimum Gasteiger partial charge on any atom is -0.493 e. The van der Waals surface area contributed by atoms with Crippen molar-refractivity contribution in [1.29, 1.82) is 0 Å². The van der Waals surface area contributed by atoms with E-state index in [0.29, 0.717) is 42.4 Å². The Morgan fingerprint density at radius 2 is 1.63 bits per heavy atom. The normalized spacial score (nSPS) is 18.2. The second-order valence-corrected chi connectivity index (χ2v) is 10.3. The maximum atomic E-state index is 14.1. The number of nitrogens with one attached hydrogen (secondary N) is 1. The molecule has 1 fully saturated rings. The van der Waals surface area contributed by atoms with Crippen LogP contribution in [0.25, 0.3) is 10.9 Å². The van der Waals surface area contributed by atoms with Gasteiger partial charge in [0, 0.05) is 35.1 Å². The van der Waals surface area contributed by atoms with Crippen molar-refractivity contribution in [2.45, 2.75) is 24.9 Å². The summed E-state index contributed by atoms with van der Waals surface area (Å²) in [5, 5.41) is 1.05. The third-order valence-electron chi connectivity index (χ3n) is 8.19. The van der Waals surface area contributed by atoms with Gasteiger partial charge >= 0.3 is 0 Å². The summed E-state index contributed by atoms with van der Waals surface area (Å²) in [4.78, 5) is 35.0. The molecule has 2 aliphatic rings. The van der Waals surface area contributed by atoms with E-state index in [9.17, 15) is 9.59 Å². The largest absolute Gasteiger partial charge is 0.493 e. The van der Waals surface area contributed by atoms with Gasteiger partial charge in [0.1, 0.15) is 12.1 Å². The molecule has 1 aromatic heterocycles. The number of H-pyrrole nitrogens is 1. The summed E-state index contributed by atoms with van der Waals surface area (Å²) in [5.74, 6) is 2.21. The number of para-hydroxylation sites is 2. The van der Waals surface area contributed by atoms with Crippen LogP contribution in [0, 0.1) is 0 Å². The fourth-order valence-electron chi connectivity index (χ4n) is 6.26. The number of hydrogen-bond acceptors (Lipinski definition) is 6. The van der Waals surface area contributed by atoms with E-state index in [1.165, 1.54) is 0 Å². The SMILES string of the molecule is COc1ccc(CCN2CC(=O)N3C(c4cccc(OC)c4OC)c4[nH]c5ccccc5c4C[C@H]3C2=O)cc1OC. The molecule has 1 N–H and O–H groups in total. The number of nitrogens with zero attached hydrogens (tertiary/aromatic N) is 2. The lowest BCUT2D eigenvalue weighted by atomic mass is 9.85. The van der Waals surface area contributed by atoms with Crippen molar-refractivity contribution in [1.82, 2.24) is 14.8 Å². The maximum Gasteiger partial charge on any atom is 0.246 e. The molecule has 3 aromatic carbocycles. The summed E-state index contributed by atoms with van der Waals surface area (Å²) in [6.45, 7) is 0.416. The molecular formula is C32H33N3O6. The molecule has 41 heavy (non-hydrogen) atoms. The van der Waals surface area contributed by atoms with Crippen LogP contribution in [0.1, 0.15) is 28.4 Å². The zero-order valence-corrected chi connectivity index (χ0v) is 23.6. The van der Waals surface area contributed by atoms with Crippen molar-refractivity contribution in [2.24, 2.45) is 0 Å². The second kappa shape index (κ2) is 10.7. The number of benzene rings is 3. The molecule has 2 aliphatic heterocycles. The minimum atomic E-state index is -0.644. The quantitative estimate of drug-likeness (QED) is 0.352. The van der Waals surface area contributed by atoms with Gasteiger partial charge in [-0.05, 0) is 41.8 Å². The van der Waals surface area contributed by atoms with Gasteiger partial charge in [0.05, 0.1) is 35.0 Å². The van der Waals surface area contributed by atoms with Crippen molar-refractivity contribution in [2.75, 3.05) is 41.5 Å². The molecule has 9 heteroatoms. The van der Waals surface area contributed by atoms with Crippen LogP contribution >= 0.6 is 0 Å². The van der Waals surface area contributed by atoms with E-state index in [2.05, 4.69) is 11.1 Å². The Morgan fingerprint density at radius 1 is 0.854 bits per heavy atom. The first kappa shape index (κ1) is 26.6. The fourth-order valence-corrected chi connectivity index (χ4v) is 6.26. The first-order valence-corrected chi connectivity index (χ1v) is 13.6. The summed E-state index contributed by atoms with van der Waals surface area (Å²) in [7, 11) is 6.37. The molecule has 212 valence electrons. The number of carbonyl (C=O) groups is 2. The van der Waals surface area contributed by atoms with Crippen molar-refractivity contribution in [3.05, 3.63) is 83.0 Å². The van der Waals surface area contributed by atoms with Gasteiger partial charge in [0.25, 0.3) is 0 Å². The lowest BCUT2D eigenvalue weighted by Gasteiger charge is -2.47. The highest BCUT2D eigenvalue weighted by molar-refractivity contribution is 5.97. The Balaban J connectivity index is 1.38. The average molecular weight is 556 g/mol. The number of fused-ring (bicyclic) bond motifs is 4. The molecule has 0 saturated carbocycles. The number of aromatic nitrogens is 1. The van der Waals surface area contributed by atoms with E-state index in [0.717, 1.165) is 33.3 Å². The third-order valence-corrected chi connectivity index (χ3v) is 8.19. The number of piperazine rings is 1. The minimum absolute atomic E-state index is 0.000961. The zero-order valence-electron chi connectivity index (χ0n) is 23.6. The summed E-state index contributed by atoms with van der Waals surface area (Å²) in [6, 6.07) is 18.2. The van der Waals surface area contributed by atoms with Crippen LogP contribution in [0.15, 0.2) is 60.7 Å². The molecule has 2 atom stereocenters. The monoisotopic (exact) mass is 555 g/mol. The first-order chi connectivity index (χ1) is 20.0. The maximum absolute atomic E-state index is 14.1. The Kier molecular flexibility index (Phi) is 6.95. The summed E-state index contributed by atoms with van der Waals surface area (Å²) >= 11 is 0. The van der Waals surface area contributed by atoms with Gasteiger partial charge in [-0.15, -0.1) is 0 Å². The van der Waals surface area contributed by atoms with Gasteiger partial charge < -0.3 is 33.7 Å². The predicted octanol–water partition coefficient (Wildman–Crippen LogP) is 4.13. The van der Waals surface area contributed by atoms with Gasteiger partial charge in [-0.3, -0.25) is 9.59 Å². The number of hydrogen-bond donors (Lipinski definition) is 1. The van der Waals surface area contributed by atoms with E-state index in [4.69, 9.17) is 18.9 Å². The molecule has 1 saturated heterocycles. The Hall–Kier alpha value is -4.66. The highest BCUT2D eigenvalue weighted by atomic mass is 16.5. The average Bonchev–Trinajstić information content (AvgIpc) is 3.38. The second-order valence-electron chi connectivity index (χ2n) is 10.3. The van der Waals surface area contributed by atoms with Gasteiger partial charge in [0.15, 0.2) is 23.0 Å². The molecule has 3 heterocycles. The number of aromatic amines is 1. The van der Waals surface area contributed by atoms with Gasteiger partial charge in [-0.2, -0.15) is 0 Å².